The van der Waals surface area contributed by atoms with Crippen LogP contribution in [0.25, 0.3) is 0 Å². The molecule has 0 saturated carbocycles. The number of aromatic nitrogens is 2. The Labute approximate surface area is 124 Å². The molecular formula is C13H12BrN5O. The van der Waals surface area contributed by atoms with Gasteiger partial charge in [0.05, 0.1) is 17.4 Å². The lowest BCUT2D eigenvalue weighted by molar-refractivity contribution is -0.117. The van der Waals surface area contributed by atoms with E-state index < -0.39 is 11.9 Å². The van der Waals surface area contributed by atoms with Crippen LogP contribution in [0.15, 0.2) is 35.1 Å². The number of nitrogens with one attached hydrogen (secondary N) is 1. The Morgan fingerprint density at radius 2 is 2.35 bits per heavy atom. The summed E-state index contributed by atoms with van der Waals surface area (Å²) in [4.78, 5) is 12.1. The number of anilines is 1. The predicted octanol–water partition coefficient (Wildman–Crippen LogP) is 1.69. The normalized spacial score (nSPS) is 11.7. The highest BCUT2D eigenvalue weighted by molar-refractivity contribution is 9.10. The van der Waals surface area contributed by atoms with Crippen LogP contribution in [0.3, 0.4) is 0 Å². The number of carbonyl (C=O) groups is 1. The molecule has 102 valence electrons. The Morgan fingerprint density at radius 3 is 2.95 bits per heavy atom. The number of halogens is 1. The molecule has 0 aliphatic heterocycles. The molecule has 2 aromatic rings. The molecule has 1 heterocycles. The summed E-state index contributed by atoms with van der Waals surface area (Å²) in [5, 5.41) is 15.6. The van der Waals surface area contributed by atoms with Crippen LogP contribution in [-0.2, 0) is 11.8 Å². The van der Waals surface area contributed by atoms with E-state index in [4.69, 9.17) is 11.0 Å². The van der Waals surface area contributed by atoms with Crippen LogP contribution in [0.4, 0.5) is 5.69 Å². The first-order chi connectivity index (χ1) is 9.51. The van der Waals surface area contributed by atoms with Crippen LogP contribution in [0.1, 0.15) is 17.2 Å². The van der Waals surface area contributed by atoms with Crippen molar-refractivity contribution in [2.45, 2.75) is 6.04 Å². The van der Waals surface area contributed by atoms with Crippen LogP contribution >= 0.6 is 15.9 Å². The number of rotatable bonds is 3. The fraction of sp³-hybridized carbons (Fsp3) is 0.154. The van der Waals surface area contributed by atoms with Crippen molar-refractivity contribution in [3.05, 3.63) is 46.2 Å². The Hall–Kier alpha value is -2.17. The van der Waals surface area contributed by atoms with Crippen LogP contribution in [0, 0.1) is 11.3 Å². The van der Waals surface area contributed by atoms with Crippen molar-refractivity contribution < 1.29 is 4.79 Å². The minimum atomic E-state index is -0.839. The second-order valence-electron chi connectivity index (χ2n) is 4.22. The van der Waals surface area contributed by atoms with Gasteiger partial charge in [0, 0.05) is 23.3 Å². The Balaban J connectivity index is 2.20. The van der Waals surface area contributed by atoms with Crippen molar-refractivity contribution in [2.24, 2.45) is 12.8 Å². The van der Waals surface area contributed by atoms with E-state index in [1.807, 2.05) is 6.07 Å². The molecule has 1 atom stereocenters. The van der Waals surface area contributed by atoms with Crippen molar-refractivity contribution in [1.29, 1.82) is 5.26 Å². The number of carbonyl (C=O) groups excluding carboxylic acids is 1. The molecule has 0 saturated heterocycles. The quantitative estimate of drug-likeness (QED) is 0.893. The van der Waals surface area contributed by atoms with Crippen LogP contribution in [0.2, 0.25) is 0 Å². The maximum absolute atomic E-state index is 12.1. The molecule has 2 rings (SSSR count). The maximum Gasteiger partial charge on any atom is 0.246 e. The average Bonchev–Trinajstić information content (AvgIpc) is 2.84. The highest BCUT2D eigenvalue weighted by Gasteiger charge is 2.18. The van der Waals surface area contributed by atoms with Crippen molar-refractivity contribution in [3.63, 3.8) is 0 Å². The van der Waals surface area contributed by atoms with Gasteiger partial charge in [-0.05, 0) is 18.2 Å². The van der Waals surface area contributed by atoms with Gasteiger partial charge in [-0.3, -0.25) is 9.48 Å². The molecule has 1 unspecified atom stereocenters. The summed E-state index contributed by atoms with van der Waals surface area (Å²) in [7, 11) is 1.75. The molecule has 0 radical (unpaired) electrons. The van der Waals surface area contributed by atoms with Gasteiger partial charge in [-0.15, -0.1) is 0 Å². The number of nitriles is 1. The lowest BCUT2D eigenvalue weighted by Gasteiger charge is -2.12. The minimum Gasteiger partial charge on any atom is -0.323 e. The van der Waals surface area contributed by atoms with Gasteiger partial charge in [0.25, 0.3) is 0 Å². The molecule has 7 heteroatoms. The fourth-order valence-electron chi connectivity index (χ4n) is 1.68. The van der Waals surface area contributed by atoms with E-state index in [1.54, 1.807) is 36.1 Å². The Morgan fingerprint density at radius 1 is 1.60 bits per heavy atom. The number of nitrogens with two attached hydrogens (primary N) is 1. The largest absolute Gasteiger partial charge is 0.323 e. The van der Waals surface area contributed by atoms with E-state index >= 15 is 0 Å². The fourth-order valence-corrected chi connectivity index (χ4v) is 2.04. The zero-order chi connectivity index (χ0) is 14.7. The van der Waals surface area contributed by atoms with Crippen LogP contribution in [-0.4, -0.2) is 15.7 Å². The third-order valence-corrected chi connectivity index (χ3v) is 3.22. The SMILES string of the molecule is Cn1cc(C(N)C(=O)Nc2cc(Br)ccc2C#N)cn1. The molecular weight excluding hydrogens is 322 g/mol. The summed E-state index contributed by atoms with van der Waals surface area (Å²) in [5.41, 5.74) is 7.28. The van der Waals surface area contributed by atoms with Gasteiger partial charge in [-0.25, -0.2) is 0 Å². The highest BCUT2D eigenvalue weighted by Crippen LogP contribution is 2.22. The second-order valence-corrected chi connectivity index (χ2v) is 5.13. The first-order valence-electron chi connectivity index (χ1n) is 5.76. The summed E-state index contributed by atoms with van der Waals surface area (Å²) < 4.78 is 2.34. The average molecular weight is 334 g/mol. The van der Waals surface area contributed by atoms with Gasteiger partial charge in [0.15, 0.2) is 0 Å². The third kappa shape index (κ3) is 3.04. The molecule has 0 bridgehead atoms. The minimum absolute atomic E-state index is 0.375. The lowest BCUT2D eigenvalue weighted by atomic mass is 10.1. The number of nitrogens with zero attached hydrogens (tertiary/aromatic N) is 3. The van der Waals surface area contributed by atoms with Crippen molar-refractivity contribution in [2.75, 3.05) is 5.32 Å². The molecule has 20 heavy (non-hydrogen) atoms. The summed E-state index contributed by atoms with van der Waals surface area (Å²) in [6.45, 7) is 0. The molecule has 0 fully saturated rings. The van der Waals surface area contributed by atoms with E-state index in [9.17, 15) is 4.79 Å². The van der Waals surface area contributed by atoms with Crippen LogP contribution in [0.5, 0.6) is 0 Å². The predicted molar refractivity (Wildman–Crippen MR) is 77.6 cm³/mol. The first-order valence-corrected chi connectivity index (χ1v) is 6.55. The number of hydrogen-bond donors (Lipinski definition) is 2. The van der Waals surface area contributed by atoms with Gasteiger partial charge >= 0.3 is 0 Å². The summed E-state index contributed by atoms with van der Waals surface area (Å²) in [6, 6.07) is 6.19. The molecule has 0 aliphatic rings. The van der Waals surface area contributed by atoms with Crippen molar-refractivity contribution >= 4 is 27.5 Å². The van der Waals surface area contributed by atoms with Crippen LogP contribution < -0.4 is 11.1 Å². The van der Waals surface area contributed by atoms with E-state index in [0.29, 0.717) is 16.8 Å². The summed E-state index contributed by atoms with van der Waals surface area (Å²) in [5.74, 6) is -0.396. The van der Waals surface area contributed by atoms with E-state index in [-0.39, 0.29) is 0 Å². The first kappa shape index (κ1) is 14.2. The molecule has 0 aliphatic carbocycles. The Bertz CT molecular complexity index is 688. The van der Waals surface area contributed by atoms with Gasteiger partial charge in [-0.1, -0.05) is 15.9 Å². The number of benzene rings is 1. The smallest absolute Gasteiger partial charge is 0.246 e. The molecule has 1 aromatic heterocycles. The van der Waals surface area contributed by atoms with Crippen molar-refractivity contribution in [3.8, 4) is 6.07 Å². The van der Waals surface area contributed by atoms with Gasteiger partial charge in [0.1, 0.15) is 12.1 Å². The summed E-state index contributed by atoms with van der Waals surface area (Å²) in [6.07, 6.45) is 3.22. The number of aryl methyl sites for hydroxylation is 1. The van der Waals surface area contributed by atoms with E-state index in [0.717, 1.165) is 4.47 Å². The third-order valence-electron chi connectivity index (χ3n) is 2.73. The molecule has 1 aromatic carbocycles. The molecule has 1 amide bonds. The number of amides is 1. The molecule has 6 nitrogen and oxygen atoms in total. The standard InChI is InChI=1S/C13H12BrN5O/c1-19-7-9(6-17-19)12(16)13(20)18-11-4-10(14)3-2-8(11)5-15/h2-4,6-7,12H,16H2,1H3,(H,18,20). The zero-order valence-electron chi connectivity index (χ0n) is 10.7. The van der Waals surface area contributed by atoms with Crippen molar-refractivity contribution in [1.82, 2.24) is 9.78 Å². The van der Waals surface area contributed by atoms with Gasteiger partial charge < -0.3 is 11.1 Å². The molecule has 3 N–H and O–H groups in total. The maximum atomic E-state index is 12.1. The molecule has 0 spiro atoms. The second kappa shape index (κ2) is 5.86. The zero-order valence-corrected chi connectivity index (χ0v) is 12.3. The topological polar surface area (TPSA) is 96.7 Å². The van der Waals surface area contributed by atoms with Gasteiger partial charge in [-0.2, -0.15) is 10.4 Å². The number of hydrogen-bond acceptors (Lipinski definition) is 4. The lowest BCUT2D eigenvalue weighted by Crippen LogP contribution is -2.27. The summed E-state index contributed by atoms with van der Waals surface area (Å²) >= 11 is 3.30. The monoisotopic (exact) mass is 333 g/mol. The highest BCUT2D eigenvalue weighted by atomic mass is 79.9. The van der Waals surface area contributed by atoms with Gasteiger partial charge in [0.2, 0.25) is 5.91 Å². The van der Waals surface area contributed by atoms with E-state index in [1.165, 1.54) is 6.20 Å². The Kier molecular flexibility index (Phi) is 4.17. The van der Waals surface area contributed by atoms with E-state index in [2.05, 4.69) is 26.3 Å².